The Bertz CT molecular complexity index is 512. The molecule has 0 amide bonds. The van der Waals surface area contributed by atoms with Crippen LogP contribution in [0.4, 0.5) is 0 Å². The van der Waals surface area contributed by atoms with Gasteiger partial charge < -0.3 is 4.98 Å². The molecule has 0 spiro atoms. The molecule has 0 aliphatic rings. The Hall–Kier alpha value is -1.47. The van der Waals surface area contributed by atoms with Crippen LogP contribution in [0.3, 0.4) is 0 Å². The van der Waals surface area contributed by atoms with Gasteiger partial charge in [-0.3, -0.25) is 0 Å². The molecule has 2 heterocycles. The number of H-pyrrole nitrogens is 1. The van der Waals surface area contributed by atoms with Gasteiger partial charge in [0.25, 0.3) is 10.0 Å². The number of sulfonamides is 1. The lowest BCUT2D eigenvalue weighted by atomic mass is 10.4. The molecule has 0 bridgehead atoms. The van der Waals surface area contributed by atoms with Crippen molar-refractivity contribution in [1.29, 1.82) is 0 Å². The van der Waals surface area contributed by atoms with E-state index in [-0.39, 0.29) is 5.16 Å². The molecule has 0 unspecified atom stereocenters. The largest absolute Gasteiger partial charge is 0.326 e. The molecular formula is C6H6N4O2S. The average Bonchev–Trinajstić information content (AvgIpc) is 2.45. The fourth-order valence-corrected chi connectivity index (χ4v) is 1.42. The minimum atomic E-state index is -3.77. The zero-order valence-electron chi connectivity index (χ0n) is 6.43. The van der Waals surface area contributed by atoms with E-state index in [0.29, 0.717) is 11.2 Å². The summed E-state index contributed by atoms with van der Waals surface area (Å²) >= 11 is 0. The number of primary sulfonamides is 1. The Morgan fingerprint density at radius 1 is 1.46 bits per heavy atom. The van der Waals surface area contributed by atoms with E-state index in [1.165, 1.54) is 6.20 Å². The van der Waals surface area contributed by atoms with E-state index in [4.69, 9.17) is 5.14 Å². The van der Waals surface area contributed by atoms with Crippen LogP contribution < -0.4 is 5.14 Å². The highest BCUT2D eigenvalue weighted by Gasteiger charge is 2.13. The van der Waals surface area contributed by atoms with Crippen molar-refractivity contribution >= 4 is 21.2 Å². The minimum Gasteiger partial charge on any atom is -0.326 e. The Balaban J connectivity index is 2.77. The molecule has 0 saturated carbocycles. The third-order valence-corrected chi connectivity index (χ3v) is 2.24. The second kappa shape index (κ2) is 2.51. The van der Waals surface area contributed by atoms with Crippen molar-refractivity contribution in [3.05, 3.63) is 18.3 Å². The summed E-state index contributed by atoms with van der Waals surface area (Å²) in [7, 11) is -3.77. The SMILES string of the molecule is NS(=O)(=O)c1nc2ncccc2[nH]1. The van der Waals surface area contributed by atoms with Crippen molar-refractivity contribution in [2.45, 2.75) is 5.16 Å². The standard InChI is InChI=1S/C6H6N4O2S/c7-13(11,12)6-9-4-2-1-3-8-5(4)10-6/h1-3H,(H2,7,11,12)(H,8,9,10). The van der Waals surface area contributed by atoms with Crippen LogP contribution in [0, 0.1) is 0 Å². The third kappa shape index (κ3) is 1.38. The van der Waals surface area contributed by atoms with Crippen molar-refractivity contribution in [3.63, 3.8) is 0 Å². The van der Waals surface area contributed by atoms with E-state index in [9.17, 15) is 8.42 Å². The first-order valence-electron chi connectivity index (χ1n) is 3.41. The zero-order valence-corrected chi connectivity index (χ0v) is 7.25. The number of rotatable bonds is 1. The molecule has 2 rings (SSSR count). The summed E-state index contributed by atoms with van der Waals surface area (Å²) in [6.07, 6.45) is 1.52. The maximum atomic E-state index is 10.9. The van der Waals surface area contributed by atoms with Gasteiger partial charge in [-0.25, -0.2) is 18.5 Å². The lowest BCUT2D eigenvalue weighted by Gasteiger charge is -1.86. The van der Waals surface area contributed by atoms with Crippen LogP contribution in [-0.4, -0.2) is 23.4 Å². The Kier molecular flexibility index (Phi) is 1.57. The van der Waals surface area contributed by atoms with Crippen LogP contribution >= 0.6 is 0 Å². The number of aromatic amines is 1. The van der Waals surface area contributed by atoms with E-state index >= 15 is 0 Å². The molecule has 2 aromatic rings. The zero-order chi connectivity index (χ0) is 9.47. The summed E-state index contributed by atoms with van der Waals surface area (Å²) < 4.78 is 21.7. The molecule has 13 heavy (non-hydrogen) atoms. The smallest absolute Gasteiger partial charge is 0.271 e. The lowest BCUT2D eigenvalue weighted by molar-refractivity contribution is 0.591. The maximum absolute atomic E-state index is 10.9. The molecule has 7 heteroatoms. The second-order valence-electron chi connectivity index (χ2n) is 2.46. The van der Waals surface area contributed by atoms with E-state index in [0.717, 1.165) is 0 Å². The van der Waals surface area contributed by atoms with Gasteiger partial charge in [0.2, 0.25) is 5.16 Å². The van der Waals surface area contributed by atoms with Crippen LogP contribution in [0.2, 0.25) is 0 Å². The Morgan fingerprint density at radius 3 is 2.85 bits per heavy atom. The highest BCUT2D eigenvalue weighted by molar-refractivity contribution is 7.89. The van der Waals surface area contributed by atoms with Crippen LogP contribution in [0.5, 0.6) is 0 Å². The van der Waals surface area contributed by atoms with Crippen molar-refractivity contribution in [2.24, 2.45) is 5.14 Å². The Morgan fingerprint density at radius 2 is 2.23 bits per heavy atom. The first-order chi connectivity index (χ1) is 6.07. The van der Waals surface area contributed by atoms with E-state index in [1.807, 2.05) is 0 Å². The van der Waals surface area contributed by atoms with Crippen molar-refractivity contribution in [1.82, 2.24) is 15.0 Å². The summed E-state index contributed by atoms with van der Waals surface area (Å²) in [6.45, 7) is 0. The van der Waals surface area contributed by atoms with Crippen LogP contribution in [-0.2, 0) is 10.0 Å². The molecular weight excluding hydrogens is 192 g/mol. The number of hydrogen-bond donors (Lipinski definition) is 2. The highest BCUT2D eigenvalue weighted by Crippen LogP contribution is 2.09. The molecule has 0 aliphatic heterocycles. The number of hydrogen-bond acceptors (Lipinski definition) is 4. The molecule has 6 nitrogen and oxygen atoms in total. The monoisotopic (exact) mass is 198 g/mol. The van der Waals surface area contributed by atoms with Gasteiger partial charge in [0, 0.05) is 6.20 Å². The van der Waals surface area contributed by atoms with Crippen LogP contribution in [0.25, 0.3) is 11.2 Å². The molecule has 0 saturated heterocycles. The molecule has 0 radical (unpaired) electrons. The number of fused-ring (bicyclic) bond motifs is 1. The average molecular weight is 198 g/mol. The number of imidazole rings is 1. The molecule has 0 aromatic carbocycles. The number of nitrogens with two attached hydrogens (primary N) is 1. The van der Waals surface area contributed by atoms with Gasteiger partial charge in [-0.05, 0) is 12.1 Å². The fourth-order valence-electron chi connectivity index (χ4n) is 0.958. The van der Waals surface area contributed by atoms with Gasteiger partial charge >= 0.3 is 0 Å². The predicted molar refractivity (Wildman–Crippen MR) is 45.3 cm³/mol. The van der Waals surface area contributed by atoms with Gasteiger partial charge in [0.15, 0.2) is 5.65 Å². The van der Waals surface area contributed by atoms with Gasteiger partial charge in [-0.2, -0.15) is 4.98 Å². The van der Waals surface area contributed by atoms with Gasteiger partial charge in [-0.1, -0.05) is 0 Å². The first-order valence-corrected chi connectivity index (χ1v) is 4.95. The number of nitrogens with one attached hydrogen (secondary N) is 1. The van der Waals surface area contributed by atoms with E-state index in [2.05, 4.69) is 15.0 Å². The summed E-state index contributed by atoms with van der Waals surface area (Å²) in [5, 5.41) is 4.61. The molecule has 0 atom stereocenters. The number of pyridine rings is 1. The highest BCUT2D eigenvalue weighted by atomic mass is 32.2. The van der Waals surface area contributed by atoms with E-state index in [1.54, 1.807) is 12.1 Å². The molecule has 2 aromatic heterocycles. The molecule has 3 N–H and O–H groups in total. The van der Waals surface area contributed by atoms with Crippen molar-refractivity contribution in [3.8, 4) is 0 Å². The topological polar surface area (TPSA) is 102 Å². The van der Waals surface area contributed by atoms with Crippen molar-refractivity contribution < 1.29 is 8.42 Å². The predicted octanol–water partition coefficient (Wildman–Crippen LogP) is -0.395. The first kappa shape index (κ1) is 8.14. The number of aromatic nitrogens is 3. The van der Waals surface area contributed by atoms with Crippen LogP contribution in [0.1, 0.15) is 0 Å². The normalized spacial score (nSPS) is 12.1. The second-order valence-corrected chi connectivity index (χ2v) is 3.94. The summed E-state index contributed by atoms with van der Waals surface area (Å²) in [6, 6.07) is 3.34. The van der Waals surface area contributed by atoms with Crippen LogP contribution in [0.15, 0.2) is 23.5 Å². The maximum Gasteiger partial charge on any atom is 0.271 e. The number of nitrogens with zero attached hydrogens (tertiary/aromatic N) is 2. The summed E-state index contributed by atoms with van der Waals surface area (Å²) in [5.41, 5.74) is 0.887. The van der Waals surface area contributed by atoms with E-state index < -0.39 is 10.0 Å². The molecule has 0 aliphatic carbocycles. The van der Waals surface area contributed by atoms with Gasteiger partial charge in [0.05, 0.1) is 5.52 Å². The summed E-state index contributed by atoms with van der Waals surface area (Å²) in [5.74, 6) is 0. The quantitative estimate of drug-likeness (QED) is 0.651. The Labute approximate surface area is 73.9 Å². The lowest BCUT2D eigenvalue weighted by Crippen LogP contribution is -2.13. The van der Waals surface area contributed by atoms with Gasteiger partial charge in [-0.15, -0.1) is 0 Å². The van der Waals surface area contributed by atoms with Crippen molar-refractivity contribution in [2.75, 3.05) is 0 Å². The minimum absolute atomic E-state index is 0.263. The molecule has 68 valence electrons. The fraction of sp³-hybridized carbons (Fsp3) is 0. The molecule has 0 fully saturated rings. The third-order valence-electron chi connectivity index (χ3n) is 1.51. The summed E-state index contributed by atoms with van der Waals surface area (Å²) in [4.78, 5) is 10.1. The van der Waals surface area contributed by atoms with Gasteiger partial charge in [0.1, 0.15) is 0 Å².